The molecule has 0 amide bonds. The Labute approximate surface area is 147 Å². The van der Waals surface area contributed by atoms with Gasteiger partial charge in [0.15, 0.2) is 0 Å². The smallest absolute Gasteiger partial charge is 0.143 e. The van der Waals surface area contributed by atoms with Crippen molar-refractivity contribution in [3.05, 3.63) is 30.4 Å². The predicted octanol–water partition coefficient (Wildman–Crippen LogP) is 3.31. The minimum atomic E-state index is -0.0360. The molecule has 7 nitrogen and oxygen atoms in total. The molecule has 3 rings (SSSR count). The number of ether oxygens (including phenoxy) is 1. The molecule has 0 fully saturated rings. The van der Waals surface area contributed by atoms with Crippen molar-refractivity contribution in [3.8, 4) is 5.69 Å². The number of H-pyrrole nitrogens is 1. The molecule has 2 heterocycles. The molecular weight excluding hydrogens is 316 g/mol. The van der Waals surface area contributed by atoms with Gasteiger partial charge in [-0.15, -0.1) is 5.10 Å². The number of fused-ring (bicyclic) bond motifs is 1. The zero-order valence-corrected chi connectivity index (χ0v) is 15.4. The molecule has 3 aromatic rings. The van der Waals surface area contributed by atoms with Gasteiger partial charge in [-0.25, -0.2) is 9.67 Å². The van der Waals surface area contributed by atoms with Gasteiger partial charge in [0.05, 0.1) is 22.3 Å². The van der Waals surface area contributed by atoms with Crippen LogP contribution in [0.3, 0.4) is 0 Å². The van der Waals surface area contributed by atoms with Crippen LogP contribution in [0.5, 0.6) is 0 Å². The molecule has 2 aromatic heterocycles. The Bertz CT molecular complexity index is 808. The van der Waals surface area contributed by atoms with Crippen LogP contribution in [-0.2, 0) is 11.2 Å². The first-order valence-electron chi connectivity index (χ1n) is 8.74. The van der Waals surface area contributed by atoms with Crippen molar-refractivity contribution in [2.24, 2.45) is 5.92 Å². The highest BCUT2D eigenvalue weighted by Crippen LogP contribution is 2.22. The number of aromatic amines is 1. The zero-order chi connectivity index (χ0) is 17.9. The fourth-order valence-corrected chi connectivity index (χ4v) is 2.98. The van der Waals surface area contributed by atoms with Crippen molar-refractivity contribution < 1.29 is 4.74 Å². The van der Waals surface area contributed by atoms with Crippen LogP contribution in [0.4, 0.5) is 0 Å². The number of tetrazole rings is 1. The van der Waals surface area contributed by atoms with Crippen molar-refractivity contribution in [3.63, 3.8) is 0 Å². The van der Waals surface area contributed by atoms with Gasteiger partial charge >= 0.3 is 0 Å². The Morgan fingerprint density at radius 1 is 1.32 bits per heavy atom. The number of nitrogens with one attached hydrogen (secondary N) is 1. The lowest BCUT2D eigenvalue weighted by molar-refractivity contribution is 0.0127. The molecule has 0 aliphatic rings. The third-order valence-electron chi connectivity index (χ3n) is 4.70. The molecule has 134 valence electrons. The number of rotatable bonds is 8. The lowest BCUT2D eigenvalue weighted by Crippen LogP contribution is -2.22. The van der Waals surface area contributed by atoms with E-state index in [2.05, 4.69) is 41.3 Å². The minimum absolute atomic E-state index is 0.0360. The van der Waals surface area contributed by atoms with Gasteiger partial charge in [-0.05, 0) is 54.8 Å². The first kappa shape index (κ1) is 17.5. The van der Waals surface area contributed by atoms with E-state index in [0.29, 0.717) is 5.92 Å². The number of benzene rings is 1. The fraction of sp³-hybridized carbons (Fsp3) is 0.556. The highest BCUT2D eigenvalue weighted by atomic mass is 16.5. The molecule has 25 heavy (non-hydrogen) atoms. The van der Waals surface area contributed by atoms with Crippen LogP contribution in [0.25, 0.3) is 16.7 Å². The second-order valence-electron chi connectivity index (χ2n) is 7.30. The quantitative estimate of drug-likeness (QED) is 0.679. The molecule has 0 radical (unpaired) electrons. The summed E-state index contributed by atoms with van der Waals surface area (Å²) < 4.78 is 7.12. The molecule has 0 bridgehead atoms. The lowest BCUT2D eigenvalue weighted by Gasteiger charge is -2.23. The third-order valence-corrected chi connectivity index (χ3v) is 4.70. The number of hydrogen-bond donors (Lipinski definition) is 1. The Morgan fingerprint density at radius 3 is 2.88 bits per heavy atom. The summed E-state index contributed by atoms with van der Waals surface area (Å²) in [6.07, 6.45) is 5.93. The summed E-state index contributed by atoms with van der Waals surface area (Å²) in [5.41, 5.74) is 2.86. The van der Waals surface area contributed by atoms with Crippen LogP contribution < -0.4 is 0 Å². The number of imidazole rings is 1. The van der Waals surface area contributed by atoms with Crippen molar-refractivity contribution in [1.82, 2.24) is 30.2 Å². The highest BCUT2D eigenvalue weighted by Gasteiger charge is 2.16. The van der Waals surface area contributed by atoms with E-state index in [9.17, 15) is 0 Å². The molecule has 1 unspecified atom stereocenters. The first-order valence-corrected chi connectivity index (χ1v) is 8.74. The summed E-state index contributed by atoms with van der Waals surface area (Å²) in [6.45, 7) is 6.55. The Balaban J connectivity index is 1.62. The van der Waals surface area contributed by atoms with E-state index in [4.69, 9.17) is 9.72 Å². The summed E-state index contributed by atoms with van der Waals surface area (Å²) in [7, 11) is 1.78. The van der Waals surface area contributed by atoms with Crippen LogP contribution in [-0.4, -0.2) is 42.9 Å². The van der Waals surface area contributed by atoms with E-state index in [1.165, 1.54) is 6.42 Å². The summed E-state index contributed by atoms with van der Waals surface area (Å²) in [4.78, 5) is 8.14. The number of hydrogen-bond acceptors (Lipinski definition) is 5. The standard InChI is InChI=1S/C18H26N6O/c1-13(6-5-9-18(2,3)25-4)10-17-20-15-8-7-14(11-16(15)21-17)24-12-19-22-23-24/h7-8,11-13H,5-6,9-10H2,1-4H3,(H,20,21). The van der Waals surface area contributed by atoms with Gasteiger partial charge in [-0.1, -0.05) is 19.8 Å². The molecule has 1 N–H and O–H groups in total. The molecule has 0 aliphatic carbocycles. The SMILES string of the molecule is COC(C)(C)CCCC(C)Cc1nc2ccc(-n3cnnn3)cc2[nH]1. The van der Waals surface area contributed by atoms with Crippen LogP contribution >= 0.6 is 0 Å². The summed E-state index contributed by atoms with van der Waals surface area (Å²) in [6, 6.07) is 5.99. The molecule has 1 aromatic carbocycles. The van der Waals surface area contributed by atoms with Crippen molar-refractivity contribution in [1.29, 1.82) is 0 Å². The Hall–Kier alpha value is -2.28. The van der Waals surface area contributed by atoms with E-state index in [1.807, 2.05) is 18.2 Å². The molecule has 0 saturated carbocycles. The highest BCUT2D eigenvalue weighted by molar-refractivity contribution is 5.77. The predicted molar refractivity (Wildman–Crippen MR) is 96.6 cm³/mol. The van der Waals surface area contributed by atoms with Crippen LogP contribution in [0.15, 0.2) is 24.5 Å². The molecule has 7 heteroatoms. The summed E-state index contributed by atoms with van der Waals surface area (Å²) >= 11 is 0. The maximum absolute atomic E-state index is 5.48. The fourth-order valence-electron chi connectivity index (χ4n) is 2.98. The zero-order valence-electron chi connectivity index (χ0n) is 15.4. The van der Waals surface area contributed by atoms with Crippen molar-refractivity contribution >= 4 is 11.0 Å². The number of methoxy groups -OCH3 is 1. The maximum Gasteiger partial charge on any atom is 0.143 e. The van der Waals surface area contributed by atoms with E-state index < -0.39 is 0 Å². The Morgan fingerprint density at radius 2 is 2.16 bits per heavy atom. The van der Waals surface area contributed by atoms with E-state index in [1.54, 1.807) is 18.1 Å². The molecule has 0 aliphatic heterocycles. The summed E-state index contributed by atoms with van der Waals surface area (Å²) in [5, 5.41) is 11.3. The second-order valence-corrected chi connectivity index (χ2v) is 7.30. The van der Waals surface area contributed by atoms with Gasteiger partial charge in [-0.3, -0.25) is 0 Å². The van der Waals surface area contributed by atoms with Gasteiger partial charge in [-0.2, -0.15) is 0 Å². The van der Waals surface area contributed by atoms with Gasteiger partial charge in [0.1, 0.15) is 12.2 Å². The van der Waals surface area contributed by atoms with E-state index in [-0.39, 0.29) is 5.60 Å². The Kier molecular flexibility index (Phi) is 5.13. The van der Waals surface area contributed by atoms with Crippen LogP contribution in [0.1, 0.15) is 45.9 Å². The van der Waals surface area contributed by atoms with Crippen molar-refractivity contribution in [2.45, 2.75) is 52.1 Å². The van der Waals surface area contributed by atoms with E-state index in [0.717, 1.165) is 41.8 Å². The first-order chi connectivity index (χ1) is 12.0. The number of aromatic nitrogens is 6. The molecule has 0 saturated heterocycles. The topological polar surface area (TPSA) is 81.5 Å². The number of nitrogens with zero attached hydrogens (tertiary/aromatic N) is 5. The lowest BCUT2D eigenvalue weighted by atomic mass is 9.95. The van der Waals surface area contributed by atoms with E-state index >= 15 is 0 Å². The average molecular weight is 342 g/mol. The normalized spacial score (nSPS) is 13.4. The van der Waals surface area contributed by atoms with Gasteiger partial charge in [0.25, 0.3) is 0 Å². The van der Waals surface area contributed by atoms with Gasteiger partial charge < -0.3 is 9.72 Å². The summed E-state index contributed by atoms with van der Waals surface area (Å²) in [5.74, 6) is 1.61. The second kappa shape index (κ2) is 7.31. The van der Waals surface area contributed by atoms with Crippen LogP contribution in [0.2, 0.25) is 0 Å². The molecule has 0 spiro atoms. The van der Waals surface area contributed by atoms with Crippen LogP contribution in [0, 0.1) is 5.92 Å². The third kappa shape index (κ3) is 4.42. The molecule has 1 atom stereocenters. The monoisotopic (exact) mass is 342 g/mol. The minimum Gasteiger partial charge on any atom is -0.379 e. The average Bonchev–Trinajstić information content (AvgIpc) is 3.23. The van der Waals surface area contributed by atoms with Gasteiger partial charge in [0.2, 0.25) is 0 Å². The largest absolute Gasteiger partial charge is 0.379 e. The molecular formula is C18H26N6O. The van der Waals surface area contributed by atoms with Crippen molar-refractivity contribution in [2.75, 3.05) is 7.11 Å². The maximum atomic E-state index is 5.48. The van der Waals surface area contributed by atoms with Gasteiger partial charge in [0, 0.05) is 13.5 Å².